The molecular formula is C12H22O6Si. The second-order valence-corrected chi connectivity index (χ2v) is 5.29. The summed E-state index contributed by atoms with van der Waals surface area (Å²) in [6, 6.07) is 0. The van der Waals surface area contributed by atoms with E-state index in [9.17, 15) is 14.4 Å². The maximum atomic E-state index is 11.4. The van der Waals surface area contributed by atoms with E-state index in [4.69, 9.17) is 13.3 Å². The fourth-order valence-electron chi connectivity index (χ4n) is 1.18. The average Bonchev–Trinajstić information content (AvgIpc) is 2.29. The standard InChI is InChI=1S/C12H22O6Si/c1-4-7-10(13)16-19(17-11(14)8-5-2)18-12(15)9-6-3/h19H,4-9H2,1-3H3. The van der Waals surface area contributed by atoms with Crippen molar-refractivity contribution in [3.63, 3.8) is 0 Å². The van der Waals surface area contributed by atoms with Crippen LogP contribution in [0.4, 0.5) is 0 Å². The Kier molecular flexibility index (Phi) is 9.78. The highest BCUT2D eigenvalue weighted by Gasteiger charge is 2.28. The molecule has 0 saturated heterocycles. The average molecular weight is 290 g/mol. The molecule has 0 amide bonds. The van der Waals surface area contributed by atoms with Gasteiger partial charge in [-0.25, -0.2) is 0 Å². The van der Waals surface area contributed by atoms with Gasteiger partial charge in [0, 0.05) is 19.3 Å². The van der Waals surface area contributed by atoms with E-state index in [2.05, 4.69) is 0 Å². The first-order valence-electron chi connectivity index (χ1n) is 6.61. The van der Waals surface area contributed by atoms with Crippen LogP contribution in [0.2, 0.25) is 0 Å². The van der Waals surface area contributed by atoms with Crippen molar-refractivity contribution >= 4 is 27.4 Å². The van der Waals surface area contributed by atoms with Crippen molar-refractivity contribution in [2.45, 2.75) is 59.3 Å². The summed E-state index contributed by atoms with van der Waals surface area (Å²) < 4.78 is 14.8. The molecule has 0 spiro atoms. The minimum absolute atomic E-state index is 0.208. The predicted molar refractivity (Wildman–Crippen MR) is 70.1 cm³/mol. The minimum Gasteiger partial charge on any atom is -0.457 e. The molecule has 0 rings (SSSR count). The predicted octanol–water partition coefficient (Wildman–Crippen LogP) is 1.73. The van der Waals surface area contributed by atoms with Gasteiger partial charge in [0.15, 0.2) is 0 Å². The normalized spacial score (nSPS) is 10.1. The van der Waals surface area contributed by atoms with Crippen molar-refractivity contribution in [3.8, 4) is 0 Å². The second kappa shape index (κ2) is 10.5. The van der Waals surface area contributed by atoms with Crippen LogP contribution in [-0.2, 0) is 27.7 Å². The van der Waals surface area contributed by atoms with Gasteiger partial charge in [-0.15, -0.1) is 0 Å². The van der Waals surface area contributed by atoms with E-state index in [1.807, 2.05) is 20.8 Å². The highest BCUT2D eigenvalue weighted by molar-refractivity contribution is 6.44. The molecule has 0 bridgehead atoms. The lowest BCUT2D eigenvalue weighted by molar-refractivity contribution is -0.147. The molecule has 0 aromatic heterocycles. The van der Waals surface area contributed by atoms with Crippen molar-refractivity contribution in [1.29, 1.82) is 0 Å². The lowest BCUT2D eigenvalue weighted by Gasteiger charge is -2.15. The SMILES string of the molecule is CCCC(=O)O[SiH](OC(=O)CCC)OC(=O)CCC. The summed E-state index contributed by atoms with van der Waals surface area (Å²) in [5.74, 6) is -1.52. The molecule has 0 aliphatic rings. The second-order valence-electron chi connectivity index (χ2n) is 4.01. The monoisotopic (exact) mass is 290 g/mol. The van der Waals surface area contributed by atoms with Gasteiger partial charge in [0.05, 0.1) is 0 Å². The molecule has 0 saturated carbocycles. The smallest absolute Gasteiger partial charge is 0.457 e. The molecule has 0 unspecified atom stereocenters. The summed E-state index contributed by atoms with van der Waals surface area (Å²) in [7, 11) is -3.05. The molecule has 0 atom stereocenters. The Hall–Kier alpha value is -1.37. The summed E-state index contributed by atoms with van der Waals surface area (Å²) in [5, 5.41) is 0. The van der Waals surface area contributed by atoms with E-state index in [1.165, 1.54) is 0 Å². The maximum absolute atomic E-state index is 11.4. The summed E-state index contributed by atoms with van der Waals surface area (Å²) in [4.78, 5) is 34.1. The molecule has 6 nitrogen and oxygen atoms in total. The molecule has 0 N–H and O–H groups in total. The van der Waals surface area contributed by atoms with Crippen LogP contribution in [0.25, 0.3) is 0 Å². The van der Waals surface area contributed by atoms with Gasteiger partial charge in [0.25, 0.3) is 17.9 Å². The quantitative estimate of drug-likeness (QED) is 0.602. The van der Waals surface area contributed by atoms with Crippen LogP contribution in [0.3, 0.4) is 0 Å². The molecule has 0 aliphatic heterocycles. The number of carbonyl (C=O) groups is 3. The van der Waals surface area contributed by atoms with E-state index >= 15 is 0 Å². The molecule has 0 aromatic rings. The molecule has 0 aliphatic carbocycles. The van der Waals surface area contributed by atoms with Crippen molar-refractivity contribution < 1.29 is 27.7 Å². The highest BCUT2D eigenvalue weighted by Crippen LogP contribution is 2.03. The number of rotatable bonds is 9. The van der Waals surface area contributed by atoms with Crippen LogP contribution in [-0.4, -0.2) is 27.4 Å². The lowest BCUT2D eigenvalue weighted by atomic mass is 10.3. The largest absolute Gasteiger partial charge is 0.689 e. The summed E-state index contributed by atoms with van der Waals surface area (Å²) in [5.41, 5.74) is 0. The zero-order valence-electron chi connectivity index (χ0n) is 11.8. The van der Waals surface area contributed by atoms with Crippen LogP contribution in [0.5, 0.6) is 0 Å². The van der Waals surface area contributed by atoms with Crippen molar-refractivity contribution in [2.75, 3.05) is 0 Å². The van der Waals surface area contributed by atoms with Gasteiger partial charge >= 0.3 is 9.53 Å². The molecule has 0 heterocycles. The van der Waals surface area contributed by atoms with Crippen LogP contribution in [0.1, 0.15) is 59.3 Å². The Morgan fingerprint density at radius 3 is 1.16 bits per heavy atom. The van der Waals surface area contributed by atoms with Gasteiger partial charge in [-0.3, -0.25) is 14.4 Å². The fourth-order valence-corrected chi connectivity index (χ4v) is 2.33. The van der Waals surface area contributed by atoms with Crippen LogP contribution < -0.4 is 0 Å². The van der Waals surface area contributed by atoms with Crippen LogP contribution >= 0.6 is 0 Å². The molecule has 110 valence electrons. The molecule has 0 fully saturated rings. The van der Waals surface area contributed by atoms with Crippen LogP contribution in [0.15, 0.2) is 0 Å². The first-order valence-corrected chi connectivity index (χ1v) is 8.03. The Bertz CT molecular complexity index is 257. The van der Waals surface area contributed by atoms with Gasteiger partial charge in [-0.2, -0.15) is 0 Å². The van der Waals surface area contributed by atoms with E-state index in [-0.39, 0.29) is 19.3 Å². The van der Waals surface area contributed by atoms with Crippen molar-refractivity contribution in [3.05, 3.63) is 0 Å². The Morgan fingerprint density at radius 1 is 0.684 bits per heavy atom. The first kappa shape index (κ1) is 17.6. The Balaban J connectivity index is 4.40. The molecule has 0 radical (unpaired) electrons. The van der Waals surface area contributed by atoms with Gasteiger partial charge in [0.2, 0.25) is 0 Å². The summed E-state index contributed by atoms with van der Waals surface area (Å²) >= 11 is 0. The minimum atomic E-state index is -3.05. The topological polar surface area (TPSA) is 78.9 Å². The zero-order chi connectivity index (χ0) is 14.7. The van der Waals surface area contributed by atoms with Crippen LogP contribution in [0, 0.1) is 0 Å². The Labute approximate surface area is 115 Å². The number of hydrogen-bond donors (Lipinski definition) is 0. The maximum Gasteiger partial charge on any atom is 0.689 e. The number of carbonyl (C=O) groups excluding carboxylic acids is 3. The third-order valence-corrected chi connectivity index (χ3v) is 3.41. The molecule has 19 heavy (non-hydrogen) atoms. The fraction of sp³-hybridized carbons (Fsp3) is 0.750. The molecular weight excluding hydrogens is 268 g/mol. The van der Waals surface area contributed by atoms with Gasteiger partial charge < -0.3 is 13.3 Å². The van der Waals surface area contributed by atoms with E-state index in [0.717, 1.165) is 0 Å². The van der Waals surface area contributed by atoms with E-state index < -0.39 is 27.4 Å². The molecule has 7 heteroatoms. The van der Waals surface area contributed by atoms with Gasteiger partial charge in [0.1, 0.15) is 0 Å². The lowest BCUT2D eigenvalue weighted by Crippen LogP contribution is -2.34. The van der Waals surface area contributed by atoms with E-state index in [0.29, 0.717) is 19.3 Å². The highest BCUT2D eigenvalue weighted by atomic mass is 28.3. The summed E-state index contributed by atoms with van der Waals surface area (Å²) in [6.07, 6.45) is 2.48. The Morgan fingerprint density at radius 2 is 0.947 bits per heavy atom. The van der Waals surface area contributed by atoms with E-state index in [1.54, 1.807) is 0 Å². The molecule has 0 aromatic carbocycles. The van der Waals surface area contributed by atoms with Gasteiger partial charge in [-0.05, 0) is 19.3 Å². The van der Waals surface area contributed by atoms with Crippen molar-refractivity contribution in [1.82, 2.24) is 0 Å². The first-order chi connectivity index (χ1) is 9.03. The van der Waals surface area contributed by atoms with Gasteiger partial charge in [-0.1, -0.05) is 20.8 Å². The third kappa shape index (κ3) is 9.23. The van der Waals surface area contributed by atoms with Crippen molar-refractivity contribution in [2.24, 2.45) is 0 Å². The third-order valence-electron chi connectivity index (χ3n) is 2.05. The summed E-state index contributed by atoms with van der Waals surface area (Å²) in [6.45, 7) is 5.47. The number of hydrogen-bond acceptors (Lipinski definition) is 6. The zero-order valence-corrected chi connectivity index (χ0v) is 12.9.